The van der Waals surface area contributed by atoms with Crippen LogP contribution in [0.3, 0.4) is 0 Å². The molecule has 8 aromatic heterocycles. The number of aliphatic imine (C=N–C) groups is 16. The van der Waals surface area contributed by atoms with Gasteiger partial charge in [0, 0.05) is 275 Å². The van der Waals surface area contributed by atoms with E-state index >= 15 is 0 Å². The fourth-order valence-electron chi connectivity index (χ4n) is 15.5. The standard InChI is InChI=1S/C15H26N6.C14H24N6.2C13H22N6.2C12H20N6.C11H18N6.C11H17N5O/c1-11-7-8-13(16-11)9-10-20(5)15-18-12(2)17-14(19(3)4)21(15)6;1-10-6-7-12(15-10)8-9-20(5)14-17-11(2)16-13(18-14)19(3)4;1-9-5-6-11(15-9)7-8-14-12-16-10(2)17-13(18-12)19(3)4;1-9-5-6-11(15-9)7-8-19(4)13-17-10(2)16-12(14-3)18-13;1-8-4-5-10(14-8)6-7-18(3)12-16-9(2)15-11(13)17-12;1-8-4-5-10(15-8)6-7-14-12-17-9(2)16-11(13-3)18-12;1-7-3-4-9(14-7)5-6-13-11-16-8(2)15-10(12)17-11;1-7-3-4-9(17-7)5-6-13-11-15-8(2)14-10(12)16-11/h7-8,12,16H,9-10H2,1-6H3;6-7,11,15H,8-9H2,1-5H3,(H,16,17,18);2*5-6,10,15H,7-8H2,1-4H3,(H2,14,16,17,18);4-5,9,14H,6-7H2,1-3H3,(H3,13,15,16,17);4-5,9,15H,6-7H2,1-3H3,(H3,13,14,16,17,18);3-4,8,14H,5-6H2,1-2H3,(H4,12,13,15,16,17);3-4,8H,5-6H2,1-2H3,(H4,12,13,14,15,16). The van der Waals surface area contributed by atoms with Crippen molar-refractivity contribution in [2.45, 2.75) is 211 Å². The SMILES string of the molecule is CN=C1NC(=NCCc2ccc(C)[nH]2)NC(C)N1.CN=C1NC(N(C)CCc2ccc(C)[nH]2)=NC(C)N1.Cc1ccc(CCN(C)C2=NC(C)N=C(N(C)C)N2)[nH]1.Cc1ccc(CCN(C)C2=NC(C)N=C(N(C)C)N2C)[nH]1.Cc1ccc(CCN(C)C2=NC(C)N=C(N)N2)[nH]1.Cc1ccc(CCN=C2NC(N(C)C)=NC(C)N2)[nH]1.Cc1ccc(CCN=C2NC(N)=NC(C)N2)[nH]1.Cc1ccc(CCN=C2NC(N)=NC(C)N2)o1. The summed E-state index contributed by atoms with van der Waals surface area (Å²) in [5.41, 5.74) is 33.8. The number of rotatable bonds is 24. The van der Waals surface area contributed by atoms with Crippen molar-refractivity contribution in [3.63, 3.8) is 0 Å². The number of aryl methyl sites for hydroxylation is 8. The average molecular weight is 2060 g/mol. The van der Waals surface area contributed by atoms with Crippen LogP contribution in [0.2, 0.25) is 0 Å². The minimum atomic E-state index is -0.114. The number of furan rings is 1. The van der Waals surface area contributed by atoms with Gasteiger partial charge in [-0.05, 0) is 208 Å². The van der Waals surface area contributed by atoms with Gasteiger partial charge in [0.1, 0.15) is 54.7 Å². The molecule has 8 atom stereocenters. The van der Waals surface area contributed by atoms with E-state index in [0.717, 1.165) is 168 Å². The van der Waals surface area contributed by atoms with Gasteiger partial charge >= 0.3 is 0 Å². The van der Waals surface area contributed by atoms with E-state index in [9.17, 15) is 0 Å². The fraction of sp³-hybridized carbons (Fsp3) is 0.525. The Morgan fingerprint density at radius 2 is 0.584 bits per heavy atom. The van der Waals surface area contributed by atoms with Crippen molar-refractivity contribution in [3.05, 3.63) is 188 Å². The molecule has 0 bridgehead atoms. The first-order valence-electron chi connectivity index (χ1n) is 50.8. The molecule has 8 aliphatic heterocycles. The van der Waals surface area contributed by atoms with Crippen molar-refractivity contribution < 1.29 is 4.42 Å². The first-order valence-corrected chi connectivity index (χ1v) is 50.8. The number of hydrogen-bond acceptors (Lipinski definition) is 30. The maximum atomic E-state index is 5.69. The molecule has 0 aromatic carbocycles. The molecule has 8 unspecified atom stereocenters. The van der Waals surface area contributed by atoms with Crippen LogP contribution in [0.5, 0.6) is 0 Å². The maximum absolute atomic E-state index is 5.69. The topological polar surface area (TPSA) is 582 Å². The molecule has 0 amide bonds. The van der Waals surface area contributed by atoms with E-state index < -0.39 is 0 Å². The van der Waals surface area contributed by atoms with E-state index in [0.29, 0.717) is 42.9 Å². The van der Waals surface area contributed by atoms with Crippen molar-refractivity contribution in [2.24, 2.45) is 97.1 Å². The molecule has 16 rings (SSSR count). The highest BCUT2D eigenvalue weighted by atomic mass is 16.3. The third-order valence-corrected chi connectivity index (χ3v) is 23.1. The molecular formula is C101H169N47O. The Morgan fingerprint density at radius 3 is 0.946 bits per heavy atom. The van der Waals surface area contributed by atoms with Gasteiger partial charge in [-0.3, -0.25) is 72.1 Å². The molecule has 1 saturated heterocycles. The van der Waals surface area contributed by atoms with E-state index in [4.69, 9.17) is 21.6 Å². The molecule has 0 spiro atoms. The Balaban J connectivity index is 0.000000189. The predicted molar refractivity (Wildman–Crippen MR) is 610 cm³/mol. The molecule has 8 aliphatic rings. The zero-order chi connectivity index (χ0) is 109. The summed E-state index contributed by atoms with van der Waals surface area (Å²) in [5.74, 6) is 13.6. The molecule has 814 valence electrons. The number of hydrogen-bond donors (Lipinski definition) is 23. The van der Waals surface area contributed by atoms with Crippen molar-refractivity contribution in [1.29, 1.82) is 0 Å². The third kappa shape index (κ3) is 41.5. The molecule has 149 heavy (non-hydrogen) atoms. The summed E-state index contributed by atoms with van der Waals surface area (Å²) in [5, 5.41) is 40.4. The van der Waals surface area contributed by atoms with Crippen molar-refractivity contribution >= 4 is 95.4 Å². The van der Waals surface area contributed by atoms with Gasteiger partial charge in [0.15, 0.2) is 53.6 Å². The monoisotopic (exact) mass is 2060 g/mol. The summed E-state index contributed by atoms with van der Waals surface area (Å²) in [6.45, 7) is 38.5. The second-order valence-corrected chi connectivity index (χ2v) is 37.9. The summed E-state index contributed by atoms with van der Waals surface area (Å²) in [7, 11) is 25.6. The van der Waals surface area contributed by atoms with Crippen LogP contribution in [0.25, 0.3) is 0 Å². The highest BCUT2D eigenvalue weighted by Crippen LogP contribution is 2.16. The van der Waals surface area contributed by atoms with Crippen LogP contribution < -0.4 is 86.3 Å². The molecule has 1 fully saturated rings. The Hall–Kier alpha value is -15.8. The molecular weight excluding hydrogens is 1890 g/mol. The highest BCUT2D eigenvalue weighted by molar-refractivity contribution is 6.04. The summed E-state index contributed by atoms with van der Waals surface area (Å²) < 4.78 is 5.46. The van der Waals surface area contributed by atoms with Gasteiger partial charge in [-0.25, -0.2) is 49.9 Å². The molecule has 0 radical (unpaired) electrons. The zero-order valence-electron chi connectivity index (χ0n) is 93.0. The van der Waals surface area contributed by atoms with Gasteiger partial charge in [0.2, 0.25) is 41.7 Å². The van der Waals surface area contributed by atoms with Gasteiger partial charge in [-0.2, -0.15) is 0 Å². The Labute approximate surface area is 879 Å². The molecule has 0 aliphatic carbocycles. The second kappa shape index (κ2) is 58.5. The smallest absolute Gasteiger partial charge is 0.205 e. The van der Waals surface area contributed by atoms with Crippen LogP contribution in [0, 0.1) is 55.4 Å². The maximum Gasteiger partial charge on any atom is 0.205 e. The Morgan fingerprint density at radius 1 is 0.289 bits per heavy atom. The van der Waals surface area contributed by atoms with Crippen LogP contribution in [-0.2, 0) is 51.4 Å². The molecule has 16 heterocycles. The van der Waals surface area contributed by atoms with Crippen molar-refractivity contribution in [1.82, 2.24) is 143 Å². The lowest BCUT2D eigenvalue weighted by molar-refractivity contribution is 0.410. The first kappa shape index (κ1) is 117. The van der Waals surface area contributed by atoms with Gasteiger partial charge in [0.25, 0.3) is 0 Å². The van der Waals surface area contributed by atoms with E-state index in [-0.39, 0.29) is 49.3 Å². The Bertz CT molecular complexity index is 5920. The lowest BCUT2D eigenvalue weighted by Gasteiger charge is -2.35. The van der Waals surface area contributed by atoms with Crippen LogP contribution in [0.1, 0.15) is 147 Å². The molecule has 48 nitrogen and oxygen atoms in total. The van der Waals surface area contributed by atoms with Crippen molar-refractivity contribution in [2.75, 3.05) is 144 Å². The lowest BCUT2D eigenvalue weighted by atomic mass is 10.3. The highest BCUT2D eigenvalue weighted by Gasteiger charge is 2.27. The summed E-state index contributed by atoms with van der Waals surface area (Å²) in [6.07, 6.45) is 7.27. The second-order valence-electron chi connectivity index (χ2n) is 37.9. The minimum absolute atomic E-state index is 0.0252. The van der Waals surface area contributed by atoms with Crippen molar-refractivity contribution in [3.8, 4) is 0 Å². The zero-order valence-corrected chi connectivity index (χ0v) is 93.0. The number of aromatic amines is 7. The number of nitrogens with two attached hydrogens (primary N) is 3. The van der Waals surface area contributed by atoms with E-state index in [1.165, 1.54) is 79.7 Å². The predicted octanol–water partition coefficient (Wildman–Crippen LogP) is 4.91. The Kier molecular flexibility index (Phi) is 45.8. The van der Waals surface area contributed by atoms with Gasteiger partial charge in [-0.1, -0.05) is 0 Å². The van der Waals surface area contributed by atoms with E-state index in [1.807, 2.05) is 176 Å². The third-order valence-electron chi connectivity index (χ3n) is 23.1. The summed E-state index contributed by atoms with van der Waals surface area (Å²) >= 11 is 0. The number of nitrogens with one attached hydrogen (secondary N) is 20. The molecule has 8 aromatic rings. The van der Waals surface area contributed by atoms with Gasteiger partial charge in [0.05, 0.1) is 6.17 Å². The van der Waals surface area contributed by atoms with Crippen LogP contribution >= 0.6 is 0 Å². The molecule has 48 heteroatoms. The normalized spacial score (nSPS) is 20.4. The van der Waals surface area contributed by atoms with Crippen LogP contribution in [0.15, 0.2) is 181 Å². The number of aromatic nitrogens is 7. The number of H-pyrrole nitrogens is 7. The number of guanidine groups is 16. The average Bonchev–Trinajstić information content (AvgIpc) is 1.24. The largest absolute Gasteiger partial charge is 0.466 e. The summed E-state index contributed by atoms with van der Waals surface area (Å²) in [6, 6.07) is 33.3. The fourth-order valence-corrected chi connectivity index (χ4v) is 15.5. The van der Waals surface area contributed by atoms with Crippen LogP contribution in [-0.4, -0.2) is 363 Å². The quantitative estimate of drug-likeness (QED) is 0.0382. The van der Waals surface area contributed by atoms with Gasteiger partial charge < -0.3 is 123 Å². The summed E-state index contributed by atoms with van der Waals surface area (Å²) in [4.78, 5) is 110. The lowest BCUT2D eigenvalue weighted by Crippen LogP contribution is -2.61. The van der Waals surface area contributed by atoms with Gasteiger partial charge in [-0.15, -0.1) is 0 Å². The number of nitrogens with zero attached hydrogens (tertiary/aromatic N) is 24. The van der Waals surface area contributed by atoms with Crippen LogP contribution in [0.4, 0.5) is 0 Å². The number of likely N-dealkylation sites (N-methyl/N-ethyl adjacent to an activating group) is 4. The first-order chi connectivity index (χ1) is 70.9. The molecule has 26 N–H and O–H groups in total. The van der Waals surface area contributed by atoms with E-state index in [2.05, 4.69) is 332 Å². The minimum Gasteiger partial charge on any atom is -0.466 e. The van der Waals surface area contributed by atoms with E-state index in [1.54, 1.807) is 14.1 Å². The molecule has 0 saturated carbocycles.